The lowest BCUT2D eigenvalue weighted by atomic mass is 10.2. The number of nitrogens with zero attached hydrogens (tertiary/aromatic N) is 1. The van der Waals surface area contributed by atoms with Crippen molar-refractivity contribution >= 4 is 5.96 Å². The molecule has 0 fully saturated rings. The maximum Gasteiger partial charge on any atom is 0.387 e. The summed E-state index contributed by atoms with van der Waals surface area (Å²) < 4.78 is 40.2. The molecule has 0 bridgehead atoms. The molecule has 26 heavy (non-hydrogen) atoms. The maximum absolute atomic E-state index is 12.6. The van der Waals surface area contributed by atoms with Crippen molar-refractivity contribution in [2.75, 3.05) is 20.2 Å². The second kappa shape index (κ2) is 10.3. The lowest BCUT2D eigenvalue weighted by Crippen LogP contribution is -2.38. The van der Waals surface area contributed by atoms with E-state index in [1.165, 1.54) is 13.2 Å². The fraction of sp³-hybridized carbons (Fsp3) is 0.389. The van der Waals surface area contributed by atoms with Crippen LogP contribution in [0.3, 0.4) is 0 Å². The van der Waals surface area contributed by atoms with Crippen molar-refractivity contribution in [2.45, 2.75) is 26.5 Å². The van der Waals surface area contributed by atoms with Gasteiger partial charge in [0.2, 0.25) is 0 Å². The predicted molar refractivity (Wildman–Crippen MR) is 94.9 cm³/mol. The number of rotatable bonds is 9. The minimum Gasteiger partial charge on any atom is -0.497 e. The molecule has 6 nitrogen and oxygen atoms in total. The largest absolute Gasteiger partial charge is 0.497 e. The number of nitrogens with one attached hydrogen (secondary N) is 2. The molecule has 8 heteroatoms. The van der Waals surface area contributed by atoms with Gasteiger partial charge in [0.25, 0.3) is 0 Å². The topological polar surface area (TPSA) is 68.0 Å². The van der Waals surface area contributed by atoms with Crippen LogP contribution in [0, 0.1) is 0 Å². The number of ether oxygens (including phenoxy) is 2. The molecule has 1 aromatic carbocycles. The summed E-state index contributed by atoms with van der Waals surface area (Å²) >= 11 is 0. The van der Waals surface area contributed by atoms with Crippen molar-refractivity contribution in [3.8, 4) is 11.5 Å². The first-order chi connectivity index (χ1) is 12.6. The highest BCUT2D eigenvalue weighted by atomic mass is 19.3. The summed E-state index contributed by atoms with van der Waals surface area (Å²) in [5.41, 5.74) is 0.536. The minimum atomic E-state index is -2.91. The third-order valence-corrected chi connectivity index (χ3v) is 3.49. The third-order valence-electron chi connectivity index (χ3n) is 3.49. The molecule has 0 amide bonds. The van der Waals surface area contributed by atoms with Gasteiger partial charge < -0.3 is 24.5 Å². The smallest absolute Gasteiger partial charge is 0.387 e. The molecule has 1 heterocycles. The minimum absolute atomic E-state index is 0.0505. The van der Waals surface area contributed by atoms with E-state index in [0.29, 0.717) is 36.8 Å². The Kier molecular flexibility index (Phi) is 7.73. The lowest BCUT2D eigenvalue weighted by Gasteiger charge is -2.13. The van der Waals surface area contributed by atoms with Crippen molar-refractivity contribution in [2.24, 2.45) is 4.99 Å². The first-order valence-electron chi connectivity index (χ1n) is 8.28. The van der Waals surface area contributed by atoms with E-state index >= 15 is 0 Å². The predicted octanol–water partition coefficient (Wildman–Crippen LogP) is 3.19. The number of halogens is 2. The Hall–Kier alpha value is -2.77. The van der Waals surface area contributed by atoms with Gasteiger partial charge in [-0.1, -0.05) is 0 Å². The standard InChI is InChI=1S/C18H23F2N3O3/c1-3-21-18(22-9-8-14-5-4-10-25-14)23-12-13-6-7-15(24-2)11-16(13)26-17(19)20/h4-7,10-11,17H,3,8-9,12H2,1-2H3,(H2,21,22,23). The van der Waals surface area contributed by atoms with Crippen molar-refractivity contribution in [3.63, 3.8) is 0 Å². The maximum atomic E-state index is 12.6. The highest BCUT2D eigenvalue weighted by Gasteiger charge is 2.11. The molecule has 0 aliphatic heterocycles. The molecule has 0 saturated heterocycles. The van der Waals surface area contributed by atoms with E-state index < -0.39 is 6.61 Å². The summed E-state index contributed by atoms with van der Waals surface area (Å²) in [7, 11) is 1.46. The molecule has 0 aliphatic carbocycles. The van der Waals surface area contributed by atoms with E-state index in [0.717, 1.165) is 5.76 Å². The zero-order valence-electron chi connectivity index (χ0n) is 14.8. The summed E-state index contributed by atoms with van der Waals surface area (Å²) in [4.78, 5) is 4.42. The molecule has 142 valence electrons. The Labute approximate surface area is 151 Å². The fourth-order valence-electron chi connectivity index (χ4n) is 2.26. The molecular formula is C18H23F2N3O3. The Morgan fingerprint density at radius 3 is 2.77 bits per heavy atom. The molecule has 0 saturated carbocycles. The zero-order chi connectivity index (χ0) is 18.8. The van der Waals surface area contributed by atoms with E-state index in [9.17, 15) is 8.78 Å². The highest BCUT2D eigenvalue weighted by Crippen LogP contribution is 2.27. The van der Waals surface area contributed by atoms with Gasteiger partial charge in [0, 0.05) is 31.1 Å². The van der Waals surface area contributed by atoms with Crippen LogP contribution in [0.1, 0.15) is 18.2 Å². The summed E-state index contributed by atoms with van der Waals surface area (Å²) in [5.74, 6) is 1.94. The second-order valence-electron chi connectivity index (χ2n) is 5.30. The van der Waals surface area contributed by atoms with E-state index in [4.69, 9.17) is 9.15 Å². The quantitative estimate of drug-likeness (QED) is 0.526. The van der Waals surface area contributed by atoms with Gasteiger partial charge in [-0.25, -0.2) is 4.99 Å². The van der Waals surface area contributed by atoms with Gasteiger partial charge in [-0.15, -0.1) is 0 Å². The van der Waals surface area contributed by atoms with E-state index in [2.05, 4.69) is 20.4 Å². The first-order valence-corrected chi connectivity index (χ1v) is 8.28. The highest BCUT2D eigenvalue weighted by molar-refractivity contribution is 5.79. The summed E-state index contributed by atoms with van der Waals surface area (Å²) in [6, 6.07) is 8.50. The number of hydrogen-bond donors (Lipinski definition) is 2. The van der Waals surface area contributed by atoms with E-state index in [1.54, 1.807) is 18.4 Å². The van der Waals surface area contributed by atoms with Gasteiger partial charge in [-0.2, -0.15) is 8.78 Å². The normalized spacial score (nSPS) is 11.5. The molecule has 2 aromatic rings. The van der Waals surface area contributed by atoms with Crippen LogP contribution in [0.15, 0.2) is 46.0 Å². The molecular weight excluding hydrogens is 344 g/mol. The van der Waals surface area contributed by atoms with Crippen LogP contribution in [0.25, 0.3) is 0 Å². The Morgan fingerprint density at radius 2 is 2.12 bits per heavy atom. The number of alkyl halides is 2. The molecule has 0 radical (unpaired) electrons. The van der Waals surface area contributed by atoms with Gasteiger partial charge >= 0.3 is 6.61 Å². The van der Waals surface area contributed by atoms with E-state index in [1.807, 2.05) is 19.1 Å². The van der Waals surface area contributed by atoms with E-state index in [-0.39, 0.29) is 12.3 Å². The van der Waals surface area contributed by atoms with Gasteiger partial charge in [0.1, 0.15) is 17.3 Å². The van der Waals surface area contributed by atoms with Crippen molar-refractivity contribution in [3.05, 3.63) is 47.9 Å². The Balaban J connectivity index is 2.02. The van der Waals surface area contributed by atoms with Crippen LogP contribution in [-0.4, -0.2) is 32.8 Å². The van der Waals surface area contributed by atoms with Crippen LogP contribution in [0.2, 0.25) is 0 Å². The molecule has 0 unspecified atom stereocenters. The van der Waals surface area contributed by atoms with Gasteiger partial charge in [0.05, 0.1) is 19.9 Å². The van der Waals surface area contributed by atoms with Crippen molar-refractivity contribution in [1.82, 2.24) is 10.6 Å². The fourth-order valence-corrected chi connectivity index (χ4v) is 2.26. The molecule has 1 aromatic heterocycles. The number of guanidine groups is 1. The van der Waals surface area contributed by atoms with Gasteiger partial charge in [-0.05, 0) is 31.2 Å². The molecule has 2 N–H and O–H groups in total. The number of furan rings is 1. The van der Waals surface area contributed by atoms with Crippen LogP contribution >= 0.6 is 0 Å². The molecule has 2 rings (SSSR count). The average molecular weight is 367 g/mol. The zero-order valence-corrected chi connectivity index (χ0v) is 14.8. The Bertz CT molecular complexity index is 691. The third kappa shape index (κ3) is 6.27. The molecule has 0 spiro atoms. The van der Waals surface area contributed by atoms with Gasteiger partial charge in [-0.3, -0.25) is 0 Å². The summed E-state index contributed by atoms with van der Waals surface area (Å²) in [6.07, 6.45) is 2.34. The second-order valence-corrected chi connectivity index (χ2v) is 5.30. The monoisotopic (exact) mass is 367 g/mol. The van der Waals surface area contributed by atoms with Crippen molar-refractivity contribution < 1.29 is 22.7 Å². The van der Waals surface area contributed by atoms with Crippen LogP contribution < -0.4 is 20.1 Å². The van der Waals surface area contributed by atoms with Crippen molar-refractivity contribution in [1.29, 1.82) is 0 Å². The number of benzene rings is 1. The first kappa shape index (κ1) is 19.6. The van der Waals surface area contributed by atoms with Gasteiger partial charge in [0.15, 0.2) is 5.96 Å². The van der Waals surface area contributed by atoms with Crippen LogP contribution in [0.4, 0.5) is 8.78 Å². The lowest BCUT2D eigenvalue weighted by molar-refractivity contribution is -0.0505. The number of aliphatic imine (C=N–C) groups is 1. The van der Waals surface area contributed by atoms with Crippen LogP contribution in [-0.2, 0) is 13.0 Å². The SMILES string of the molecule is CCNC(=NCc1ccc(OC)cc1OC(F)F)NCCc1ccco1. The molecule has 0 atom stereocenters. The number of methoxy groups -OCH3 is 1. The molecule has 0 aliphatic rings. The van der Waals surface area contributed by atoms with Crippen LogP contribution in [0.5, 0.6) is 11.5 Å². The summed E-state index contributed by atoms with van der Waals surface area (Å²) in [6.45, 7) is 0.521. The summed E-state index contributed by atoms with van der Waals surface area (Å²) in [5, 5.41) is 6.29. The Morgan fingerprint density at radius 1 is 1.27 bits per heavy atom. The number of hydrogen-bond acceptors (Lipinski definition) is 4. The average Bonchev–Trinajstić information content (AvgIpc) is 3.13.